The monoisotopic (exact) mass is 376 g/mol. The van der Waals surface area contributed by atoms with Gasteiger partial charge in [0.25, 0.3) is 0 Å². The van der Waals surface area contributed by atoms with Gasteiger partial charge in [-0.2, -0.15) is 5.10 Å². The zero-order valence-electron chi connectivity index (χ0n) is 14.4. The first-order valence-electron chi connectivity index (χ1n) is 8.64. The fourth-order valence-corrected chi connectivity index (χ4v) is 3.94. The summed E-state index contributed by atoms with van der Waals surface area (Å²) in [7, 11) is 0. The van der Waals surface area contributed by atoms with Crippen LogP contribution in [0, 0.1) is 0 Å². The Kier molecular flexibility index (Phi) is 4.14. The van der Waals surface area contributed by atoms with Crippen molar-refractivity contribution in [2.45, 2.75) is 11.1 Å². The molecule has 3 heterocycles. The van der Waals surface area contributed by atoms with Gasteiger partial charge in [-0.25, -0.2) is 14.6 Å². The number of para-hydroxylation sites is 3. The van der Waals surface area contributed by atoms with Crippen molar-refractivity contribution in [1.82, 2.24) is 19.7 Å². The normalized spacial score (nSPS) is 15.8. The topological polar surface area (TPSA) is 62.1 Å². The minimum Gasteiger partial charge on any atom is -0.486 e. The Balaban J connectivity index is 1.36. The van der Waals surface area contributed by atoms with E-state index >= 15 is 0 Å². The van der Waals surface area contributed by atoms with E-state index < -0.39 is 0 Å². The average molecular weight is 376 g/mol. The Morgan fingerprint density at radius 1 is 1.00 bits per heavy atom. The van der Waals surface area contributed by atoms with Crippen molar-refractivity contribution in [2.24, 2.45) is 0 Å². The average Bonchev–Trinajstić information content (AvgIpc) is 3.17. The number of hydrogen-bond acceptors (Lipinski definition) is 6. The van der Waals surface area contributed by atoms with E-state index in [1.165, 1.54) is 0 Å². The predicted octanol–water partition coefficient (Wildman–Crippen LogP) is 3.75. The molecule has 134 valence electrons. The number of hydrogen-bond donors (Lipinski definition) is 0. The van der Waals surface area contributed by atoms with Crippen LogP contribution in [0.25, 0.3) is 16.7 Å². The molecule has 0 unspecified atom stereocenters. The van der Waals surface area contributed by atoms with Gasteiger partial charge in [0, 0.05) is 5.75 Å². The molecule has 2 aromatic heterocycles. The van der Waals surface area contributed by atoms with Crippen molar-refractivity contribution in [3.63, 3.8) is 0 Å². The Hall–Kier alpha value is -3.06. The predicted molar refractivity (Wildman–Crippen MR) is 104 cm³/mol. The summed E-state index contributed by atoms with van der Waals surface area (Å²) < 4.78 is 13.6. The number of rotatable bonds is 4. The molecule has 1 atom stereocenters. The van der Waals surface area contributed by atoms with E-state index in [2.05, 4.69) is 15.1 Å². The van der Waals surface area contributed by atoms with Gasteiger partial charge in [-0.1, -0.05) is 30.3 Å². The third-order valence-corrected chi connectivity index (χ3v) is 5.44. The number of ether oxygens (including phenoxy) is 2. The number of nitrogens with zero attached hydrogens (tertiary/aromatic N) is 4. The second-order valence-electron chi connectivity index (χ2n) is 6.12. The van der Waals surface area contributed by atoms with Gasteiger partial charge in [0.2, 0.25) is 0 Å². The number of thioether (sulfide) groups is 1. The smallest absolute Gasteiger partial charge is 0.167 e. The first kappa shape index (κ1) is 16.1. The van der Waals surface area contributed by atoms with Crippen LogP contribution < -0.4 is 9.47 Å². The minimum atomic E-state index is -0.0286. The van der Waals surface area contributed by atoms with Crippen LogP contribution in [0.2, 0.25) is 0 Å². The molecule has 5 rings (SSSR count). The van der Waals surface area contributed by atoms with Crippen LogP contribution >= 0.6 is 11.8 Å². The molecule has 6 nitrogen and oxygen atoms in total. The molecule has 2 aromatic carbocycles. The maximum Gasteiger partial charge on any atom is 0.167 e. The molecule has 0 saturated carbocycles. The summed E-state index contributed by atoms with van der Waals surface area (Å²) in [6, 6.07) is 17.7. The fraction of sp³-hybridized carbons (Fsp3) is 0.150. The van der Waals surface area contributed by atoms with Crippen LogP contribution in [0.15, 0.2) is 72.1 Å². The van der Waals surface area contributed by atoms with E-state index in [4.69, 9.17) is 9.47 Å². The van der Waals surface area contributed by atoms with E-state index in [1.54, 1.807) is 18.1 Å². The van der Waals surface area contributed by atoms with Gasteiger partial charge in [0.05, 0.1) is 17.3 Å². The number of aromatic nitrogens is 4. The highest BCUT2D eigenvalue weighted by molar-refractivity contribution is 7.99. The Morgan fingerprint density at radius 3 is 2.70 bits per heavy atom. The first-order chi connectivity index (χ1) is 13.4. The molecule has 0 radical (unpaired) electrons. The van der Waals surface area contributed by atoms with Crippen LogP contribution in [-0.4, -0.2) is 38.2 Å². The van der Waals surface area contributed by atoms with Crippen molar-refractivity contribution in [2.75, 3.05) is 12.4 Å². The maximum atomic E-state index is 6.03. The molecule has 0 bridgehead atoms. The summed E-state index contributed by atoms with van der Waals surface area (Å²) in [4.78, 5) is 8.87. The molecule has 7 heteroatoms. The molecule has 1 aliphatic rings. The van der Waals surface area contributed by atoms with E-state index in [9.17, 15) is 0 Å². The van der Waals surface area contributed by atoms with Crippen LogP contribution in [0.5, 0.6) is 11.5 Å². The first-order valence-corrected chi connectivity index (χ1v) is 9.62. The number of benzene rings is 2. The zero-order chi connectivity index (χ0) is 18.1. The lowest BCUT2D eigenvalue weighted by Gasteiger charge is -2.26. The van der Waals surface area contributed by atoms with Crippen LogP contribution in [-0.2, 0) is 0 Å². The molecule has 1 aliphatic heterocycles. The Labute approximate surface area is 160 Å². The van der Waals surface area contributed by atoms with E-state index in [0.29, 0.717) is 6.61 Å². The lowest BCUT2D eigenvalue weighted by molar-refractivity contribution is 0.107. The summed E-state index contributed by atoms with van der Waals surface area (Å²) in [6.45, 7) is 0.529. The van der Waals surface area contributed by atoms with Crippen LogP contribution in [0.3, 0.4) is 0 Å². The molecule has 4 aromatic rings. The van der Waals surface area contributed by atoms with Gasteiger partial charge < -0.3 is 9.47 Å². The molecule has 0 spiro atoms. The summed E-state index contributed by atoms with van der Waals surface area (Å²) in [5, 5.41) is 6.32. The third-order valence-electron chi connectivity index (χ3n) is 4.30. The van der Waals surface area contributed by atoms with Crippen molar-refractivity contribution in [1.29, 1.82) is 0 Å². The zero-order valence-corrected chi connectivity index (χ0v) is 15.2. The molecule has 0 aliphatic carbocycles. The highest BCUT2D eigenvalue weighted by atomic mass is 32.2. The maximum absolute atomic E-state index is 6.03. The van der Waals surface area contributed by atoms with Gasteiger partial charge in [-0.15, -0.1) is 11.8 Å². The molecule has 0 saturated heterocycles. The van der Waals surface area contributed by atoms with Gasteiger partial charge >= 0.3 is 0 Å². The van der Waals surface area contributed by atoms with Crippen LogP contribution in [0.4, 0.5) is 0 Å². The Bertz CT molecular complexity index is 1080. The summed E-state index contributed by atoms with van der Waals surface area (Å²) in [5.41, 5.74) is 1.77. The number of fused-ring (bicyclic) bond motifs is 2. The summed E-state index contributed by atoms with van der Waals surface area (Å²) >= 11 is 1.63. The van der Waals surface area contributed by atoms with Gasteiger partial charge in [-0.3, -0.25) is 0 Å². The second-order valence-corrected chi connectivity index (χ2v) is 7.13. The highest BCUT2D eigenvalue weighted by Crippen LogP contribution is 2.33. The summed E-state index contributed by atoms with van der Waals surface area (Å²) in [5.74, 6) is 2.32. The quantitative estimate of drug-likeness (QED) is 0.399. The van der Waals surface area contributed by atoms with Crippen molar-refractivity contribution in [3.05, 3.63) is 67.1 Å². The lowest BCUT2D eigenvalue weighted by atomic mass is 10.3. The van der Waals surface area contributed by atoms with Crippen molar-refractivity contribution < 1.29 is 9.47 Å². The van der Waals surface area contributed by atoms with Crippen molar-refractivity contribution >= 4 is 22.8 Å². The van der Waals surface area contributed by atoms with Gasteiger partial charge in [0.15, 0.2) is 17.1 Å². The largest absolute Gasteiger partial charge is 0.486 e. The SMILES string of the molecule is c1ccc(-n2ncc3c(SC[C@@H]4COc5ccccc5O4)ncnc32)cc1. The molecule has 0 fully saturated rings. The van der Waals surface area contributed by atoms with Crippen molar-refractivity contribution in [3.8, 4) is 17.2 Å². The van der Waals surface area contributed by atoms with E-state index in [0.717, 1.165) is 39.0 Å². The molecule has 27 heavy (non-hydrogen) atoms. The van der Waals surface area contributed by atoms with Gasteiger partial charge in [0.1, 0.15) is 24.1 Å². The van der Waals surface area contributed by atoms with Gasteiger partial charge in [-0.05, 0) is 24.3 Å². The molecule has 0 amide bonds. The molecule has 0 N–H and O–H groups in total. The van der Waals surface area contributed by atoms with E-state index in [1.807, 2.05) is 65.5 Å². The van der Waals surface area contributed by atoms with E-state index in [-0.39, 0.29) is 6.10 Å². The third kappa shape index (κ3) is 3.10. The molecular weight excluding hydrogens is 360 g/mol. The molecular formula is C20H16N4O2S. The highest BCUT2D eigenvalue weighted by Gasteiger charge is 2.21. The summed E-state index contributed by atoms with van der Waals surface area (Å²) in [6.07, 6.45) is 3.37. The minimum absolute atomic E-state index is 0.0286. The standard InChI is InChI=1S/C20H16N4O2S/c1-2-6-14(7-3-1)24-19-16(10-23-24)20(22-13-21-19)27-12-15-11-25-17-8-4-5-9-18(17)26-15/h1-10,13,15H,11-12H2/t15-/m0/s1. The lowest BCUT2D eigenvalue weighted by Crippen LogP contribution is -2.31. The second kappa shape index (κ2) is 6.92. The fourth-order valence-electron chi connectivity index (χ4n) is 3.01. The Morgan fingerprint density at radius 2 is 1.81 bits per heavy atom. The van der Waals surface area contributed by atoms with Crippen LogP contribution in [0.1, 0.15) is 0 Å².